The van der Waals surface area contributed by atoms with Gasteiger partial charge in [0.05, 0.1) is 0 Å². The second-order valence-corrected chi connectivity index (χ2v) is 7.08. The lowest BCUT2D eigenvalue weighted by Crippen LogP contribution is -2.45. The molecule has 2 aliphatic carbocycles. The number of hydrogen-bond donors (Lipinski definition) is 1. The van der Waals surface area contributed by atoms with Crippen molar-refractivity contribution in [3.8, 4) is 0 Å². The summed E-state index contributed by atoms with van der Waals surface area (Å²) in [7, 11) is 0. The summed E-state index contributed by atoms with van der Waals surface area (Å²) in [6.45, 7) is 3.16. The Hall–Kier alpha value is -2.10. The third kappa shape index (κ3) is 3.94. The SMILES string of the molecule is CCN(C(=O)C1(C(=O)NCCC2=CCCCC2)CC1)c1ccccc1. The van der Waals surface area contributed by atoms with Gasteiger partial charge >= 0.3 is 0 Å². The predicted molar refractivity (Wildman–Crippen MR) is 100 cm³/mol. The van der Waals surface area contributed by atoms with Crippen LogP contribution in [0.4, 0.5) is 5.69 Å². The lowest BCUT2D eigenvalue weighted by Gasteiger charge is -2.26. The summed E-state index contributed by atoms with van der Waals surface area (Å²) in [6.07, 6.45) is 9.37. The van der Waals surface area contributed by atoms with Crippen LogP contribution in [-0.4, -0.2) is 24.9 Å². The van der Waals surface area contributed by atoms with Gasteiger partial charge < -0.3 is 10.2 Å². The number of allylic oxidation sites excluding steroid dienone is 1. The maximum Gasteiger partial charge on any atom is 0.242 e. The van der Waals surface area contributed by atoms with Gasteiger partial charge in [-0.1, -0.05) is 29.8 Å². The Labute approximate surface area is 150 Å². The summed E-state index contributed by atoms with van der Waals surface area (Å²) in [4.78, 5) is 27.4. The van der Waals surface area contributed by atoms with Crippen molar-refractivity contribution in [1.29, 1.82) is 0 Å². The summed E-state index contributed by atoms with van der Waals surface area (Å²) in [5.41, 5.74) is 1.47. The van der Waals surface area contributed by atoms with Gasteiger partial charge in [0, 0.05) is 18.8 Å². The third-order valence-corrected chi connectivity index (χ3v) is 5.34. The van der Waals surface area contributed by atoms with Crippen LogP contribution < -0.4 is 10.2 Å². The van der Waals surface area contributed by atoms with Crippen LogP contribution >= 0.6 is 0 Å². The molecule has 1 aromatic rings. The molecule has 1 fully saturated rings. The van der Waals surface area contributed by atoms with E-state index in [0.717, 1.165) is 24.9 Å². The number of nitrogens with one attached hydrogen (secondary N) is 1. The van der Waals surface area contributed by atoms with E-state index in [-0.39, 0.29) is 11.8 Å². The van der Waals surface area contributed by atoms with E-state index in [1.54, 1.807) is 4.90 Å². The van der Waals surface area contributed by atoms with E-state index in [1.165, 1.54) is 18.4 Å². The minimum atomic E-state index is -0.840. The van der Waals surface area contributed by atoms with Gasteiger partial charge in [-0.2, -0.15) is 0 Å². The number of rotatable bonds is 7. The monoisotopic (exact) mass is 340 g/mol. The molecule has 4 heteroatoms. The minimum absolute atomic E-state index is 0.0596. The summed E-state index contributed by atoms with van der Waals surface area (Å²) < 4.78 is 0. The molecule has 0 heterocycles. The van der Waals surface area contributed by atoms with Crippen LogP contribution in [0.3, 0.4) is 0 Å². The van der Waals surface area contributed by atoms with Gasteiger partial charge in [-0.25, -0.2) is 0 Å². The fraction of sp³-hybridized carbons (Fsp3) is 0.524. The van der Waals surface area contributed by atoms with E-state index in [4.69, 9.17) is 0 Å². The largest absolute Gasteiger partial charge is 0.355 e. The van der Waals surface area contributed by atoms with Crippen molar-refractivity contribution in [2.24, 2.45) is 5.41 Å². The number of carbonyl (C=O) groups excluding carboxylic acids is 2. The Kier molecular flexibility index (Phi) is 5.57. The van der Waals surface area contributed by atoms with Crippen molar-refractivity contribution in [2.45, 2.75) is 51.9 Å². The highest BCUT2D eigenvalue weighted by Crippen LogP contribution is 2.48. The Morgan fingerprint density at radius 3 is 2.52 bits per heavy atom. The molecule has 0 unspecified atom stereocenters. The van der Waals surface area contributed by atoms with Crippen LogP contribution in [0.15, 0.2) is 42.0 Å². The molecule has 0 aliphatic heterocycles. The second-order valence-electron chi connectivity index (χ2n) is 7.08. The first-order valence-corrected chi connectivity index (χ1v) is 9.50. The third-order valence-electron chi connectivity index (χ3n) is 5.34. The lowest BCUT2D eigenvalue weighted by molar-refractivity contribution is -0.135. The molecule has 1 saturated carbocycles. The predicted octanol–water partition coefficient (Wildman–Crippen LogP) is 3.83. The molecular formula is C21H28N2O2. The van der Waals surface area contributed by atoms with Gasteiger partial charge in [0.25, 0.3) is 0 Å². The first-order chi connectivity index (χ1) is 12.2. The molecule has 2 aliphatic rings. The van der Waals surface area contributed by atoms with E-state index in [2.05, 4.69) is 11.4 Å². The summed E-state index contributed by atoms with van der Waals surface area (Å²) >= 11 is 0. The highest BCUT2D eigenvalue weighted by Gasteiger charge is 2.57. The van der Waals surface area contributed by atoms with Crippen molar-refractivity contribution >= 4 is 17.5 Å². The number of para-hydroxylation sites is 1. The van der Waals surface area contributed by atoms with Crippen molar-refractivity contribution in [3.05, 3.63) is 42.0 Å². The van der Waals surface area contributed by atoms with E-state index < -0.39 is 5.41 Å². The van der Waals surface area contributed by atoms with Crippen LogP contribution in [0, 0.1) is 5.41 Å². The van der Waals surface area contributed by atoms with E-state index in [9.17, 15) is 9.59 Å². The van der Waals surface area contributed by atoms with Crippen LogP contribution in [-0.2, 0) is 9.59 Å². The van der Waals surface area contributed by atoms with Crippen molar-refractivity contribution in [3.63, 3.8) is 0 Å². The van der Waals surface area contributed by atoms with Gasteiger partial charge in [0.1, 0.15) is 5.41 Å². The number of hydrogen-bond acceptors (Lipinski definition) is 2. The fourth-order valence-corrected chi connectivity index (χ4v) is 3.61. The van der Waals surface area contributed by atoms with Crippen molar-refractivity contribution in [1.82, 2.24) is 5.32 Å². The number of nitrogens with zero attached hydrogens (tertiary/aromatic N) is 1. The zero-order valence-corrected chi connectivity index (χ0v) is 15.1. The van der Waals surface area contributed by atoms with Crippen LogP contribution in [0.25, 0.3) is 0 Å². The molecule has 2 amide bonds. The quantitative estimate of drug-likeness (QED) is 0.606. The van der Waals surface area contributed by atoms with Gasteiger partial charge in [0.15, 0.2) is 0 Å². The van der Waals surface area contributed by atoms with Crippen LogP contribution in [0.5, 0.6) is 0 Å². The van der Waals surface area contributed by atoms with Gasteiger partial charge in [0.2, 0.25) is 11.8 Å². The average Bonchev–Trinajstić information content (AvgIpc) is 3.46. The normalized spacial score (nSPS) is 18.2. The lowest BCUT2D eigenvalue weighted by atomic mass is 9.97. The number of amides is 2. The molecule has 0 bridgehead atoms. The number of carbonyl (C=O) groups is 2. The summed E-state index contributed by atoms with van der Waals surface area (Å²) in [6, 6.07) is 9.61. The molecule has 1 aromatic carbocycles. The maximum atomic E-state index is 13.0. The van der Waals surface area contributed by atoms with Crippen LogP contribution in [0.2, 0.25) is 0 Å². The molecule has 0 aromatic heterocycles. The minimum Gasteiger partial charge on any atom is -0.355 e. The molecule has 0 saturated heterocycles. The molecular weight excluding hydrogens is 312 g/mol. The molecule has 134 valence electrons. The standard InChI is InChI=1S/C21H28N2O2/c1-2-23(18-11-7-4-8-12-18)20(25)21(14-15-21)19(24)22-16-13-17-9-5-3-6-10-17/h4,7-9,11-12H,2-3,5-6,10,13-16H2,1H3,(H,22,24). The van der Waals surface area contributed by atoms with E-state index in [0.29, 0.717) is 25.9 Å². The first-order valence-electron chi connectivity index (χ1n) is 9.50. The van der Waals surface area contributed by atoms with E-state index in [1.807, 2.05) is 37.3 Å². The Bertz CT molecular complexity index is 647. The molecule has 1 N–H and O–H groups in total. The van der Waals surface area contributed by atoms with E-state index >= 15 is 0 Å². The van der Waals surface area contributed by atoms with Crippen LogP contribution in [0.1, 0.15) is 51.9 Å². The highest BCUT2D eigenvalue weighted by atomic mass is 16.2. The molecule has 25 heavy (non-hydrogen) atoms. The molecule has 3 rings (SSSR count). The number of benzene rings is 1. The Morgan fingerprint density at radius 2 is 1.92 bits per heavy atom. The molecule has 0 spiro atoms. The second kappa shape index (κ2) is 7.85. The first kappa shape index (κ1) is 17.7. The fourth-order valence-electron chi connectivity index (χ4n) is 3.61. The van der Waals surface area contributed by atoms with Gasteiger partial charge in [-0.05, 0) is 64.0 Å². The zero-order valence-electron chi connectivity index (χ0n) is 15.1. The highest BCUT2D eigenvalue weighted by molar-refractivity contribution is 6.14. The average molecular weight is 340 g/mol. The molecule has 4 nitrogen and oxygen atoms in total. The Balaban J connectivity index is 1.59. The van der Waals surface area contributed by atoms with Gasteiger partial charge in [-0.3, -0.25) is 9.59 Å². The van der Waals surface area contributed by atoms with Crippen molar-refractivity contribution in [2.75, 3.05) is 18.0 Å². The zero-order chi connectivity index (χ0) is 17.7. The van der Waals surface area contributed by atoms with Gasteiger partial charge in [-0.15, -0.1) is 0 Å². The molecule has 0 radical (unpaired) electrons. The summed E-state index contributed by atoms with van der Waals surface area (Å²) in [5, 5.41) is 3.02. The topological polar surface area (TPSA) is 49.4 Å². The smallest absolute Gasteiger partial charge is 0.242 e. The Morgan fingerprint density at radius 1 is 1.16 bits per heavy atom. The maximum absolute atomic E-state index is 13.0. The number of anilines is 1. The summed E-state index contributed by atoms with van der Waals surface area (Å²) in [5.74, 6) is -0.154. The van der Waals surface area contributed by atoms with Crippen molar-refractivity contribution < 1.29 is 9.59 Å². The molecule has 0 atom stereocenters.